The summed E-state index contributed by atoms with van der Waals surface area (Å²) in [5.74, 6) is -1.74. The smallest absolute Gasteiger partial charge is 0.309 e. The first-order valence-corrected chi connectivity index (χ1v) is 13.9. The number of ketones is 1. The first-order valence-electron chi connectivity index (χ1n) is 13.1. The van der Waals surface area contributed by atoms with Crippen LogP contribution >= 0.6 is 11.3 Å². The second kappa shape index (κ2) is 14.1. The number of hydrogen-bond acceptors (Lipinski definition) is 9. The quantitative estimate of drug-likeness (QED) is 0.178. The molecule has 1 aliphatic rings. The Labute approximate surface area is 224 Å². The molecule has 1 fully saturated rings. The van der Waals surface area contributed by atoms with Crippen LogP contribution in [0.1, 0.15) is 83.8 Å². The number of ether oxygens (including phenoxy) is 2. The summed E-state index contributed by atoms with van der Waals surface area (Å²) in [7, 11) is 0. The van der Waals surface area contributed by atoms with Gasteiger partial charge in [0.2, 0.25) is 0 Å². The lowest BCUT2D eigenvalue weighted by Gasteiger charge is -2.34. The highest BCUT2D eigenvalue weighted by molar-refractivity contribution is 7.09. The van der Waals surface area contributed by atoms with Crippen molar-refractivity contribution in [2.45, 2.75) is 104 Å². The van der Waals surface area contributed by atoms with E-state index in [1.165, 1.54) is 0 Å². The number of aryl methyl sites for hydroxylation is 1. The molecule has 9 heteroatoms. The third-order valence-electron chi connectivity index (χ3n) is 7.21. The number of aliphatic hydroxyl groups is 2. The van der Waals surface area contributed by atoms with E-state index in [0.29, 0.717) is 25.9 Å². The number of Topliss-reactive ketones (excluding diaryl/α,β-unsaturated/α-hetero) is 1. The molecule has 1 aliphatic heterocycles. The number of rotatable bonds is 16. The first-order chi connectivity index (χ1) is 17.4. The summed E-state index contributed by atoms with van der Waals surface area (Å²) in [5, 5.41) is 33.2. The lowest BCUT2D eigenvalue weighted by molar-refractivity contribution is -0.154. The Hall–Kier alpha value is -2.12. The molecule has 2 rings (SSSR count). The van der Waals surface area contributed by atoms with Crippen molar-refractivity contribution in [1.29, 1.82) is 5.26 Å². The van der Waals surface area contributed by atoms with E-state index in [9.17, 15) is 19.8 Å². The van der Waals surface area contributed by atoms with Crippen LogP contribution in [-0.4, -0.2) is 58.0 Å². The number of aromatic nitrogens is 1. The zero-order valence-electron chi connectivity index (χ0n) is 22.9. The maximum atomic E-state index is 13.3. The van der Waals surface area contributed by atoms with Crippen LogP contribution in [0.4, 0.5) is 0 Å². The third-order valence-corrected chi connectivity index (χ3v) is 8.00. The summed E-state index contributed by atoms with van der Waals surface area (Å²) in [6.45, 7) is 11.2. The Balaban J connectivity index is 1.98. The van der Waals surface area contributed by atoms with E-state index in [4.69, 9.17) is 14.7 Å². The van der Waals surface area contributed by atoms with Gasteiger partial charge in [-0.2, -0.15) is 5.26 Å². The zero-order chi connectivity index (χ0) is 27.8. The number of epoxide rings is 1. The molecule has 1 saturated heterocycles. The summed E-state index contributed by atoms with van der Waals surface area (Å²) in [6, 6.07) is 2.11. The minimum atomic E-state index is -1.27. The molecular weight excluding hydrogens is 492 g/mol. The number of esters is 1. The van der Waals surface area contributed by atoms with Crippen LogP contribution in [0, 0.1) is 35.5 Å². The maximum Gasteiger partial charge on any atom is 0.309 e. The largest absolute Gasteiger partial charge is 0.458 e. The molecule has 1 aromatic heterocycles. The molecule has 0 aromatic carbocycles. The molecule has 206 valence electrons. The SMILES string of the molecule is C/C(=C\c1csc(C)n1)C(C[C@H]1CO1)OC(=O)C[C@H](O)C(C)(C)C(=O)[C@H](C)[C@@H](O)[C@@H](C)CCCCC#N. The standard InChI is InChI=1S/C28H42N2O6S/c1-17(10-8-7-9-11-29)26(33)19(3)27(34)28(5,6)24(31)14-25(32)36-23(13-22-15-35-22)18(2)12-21-16-37-20(4)30-21/h12,16-17,19,22-24,26,31,33H,7-10,13-15H2,1-6H3/b18-12+/t17-,19+,22-,23?,24-,26-/m0/s1. The molecule has 0 radical (unpaired) electrons. The summed E-state index contributed by atoms with van der Waals surface area (Å²) in [4.78, 5) is 30.5. The fourth-order valence-electron chi connectivity index (χ4n) is 4.40. The lowest BCUT2D eigenvalue weighted by Crippen LogP contribution is -2.45. The van der Waals surface area contributed by atoms with E-state index in [1.54, 1.807) is 32.1 Å². The van der Waals surface area contributed by atoms with Crippen molar-refractivity contribution in [1.82, 2.24) is 4.98 Å². The van der Waals surface area contributed by atoms with Gasteiger partial charge >= 0.3 is 5.97 Å². The van der Waals surface area contributed by atoms with Gasteiger partial charge in [-0.15, -0.1) is 11.3 Å². The Kier molecular flexibility index (Phi) is 11.9. The Morgan fingerprint density at radius 1 is 1.35 bits per heavy atom. The number of unbranched alkanes of at least 4 members (excludes halogenated alkanes) is 2. The molecular formula is C28H42N2O6S. The molecule has 0 spiro atoms. The minimum Gasteiger partial charge on any atom is -0.458 e. The van der Waals surface area contributed by atoms with E-state index in [1.807, 2.05) is 32.2 Å². The number of nitrogens with zero attached hydrogens (tertiary/aromatic N) is 2. The molecule has 0 bridgehead atoms. The van der Waals surface area contributed by atoms with E-state index < -0.39 is 35.6 Å². The zero-order valence-corrected chi connectivity index (χ0v) is 23.7. The molecule has 1 aromatic rings. The molecule has 2 heterocycles. The van der Waals surface area contributed by atoms with Gasteiger partial charge in [0.25, 0.3) is 0 Å². The number of aliphatic hydroxyl groups excluding tert-OH is 2. The molecule has 8 nitrogen and oxygen atoms in total. The second-order valence-electron chi connectivity index (χ2n) is 10.8. The van der Waals surface area contributed by atoms with Gasteiger partial charge in [0.15, 0.2) is 0 Å². The molecule has 37 heavy (non-hydrogen) atoms. The van der Waals surface area contributed by atoms with Gasteiger partial charge in [0, 0.05) is 24.1 Å². The maximum absolute atomic E-state index is 13.3. The topological polar surface area (TPSA) is 133 Å². The fraction of sp³-hybridized carbons (Fsp3) is 0.714. The van der Waals surface area contributed by atoms with Crippen LogP contribution in [0.3, 0.4) is 0 Å². The van der Waals surface area contributed by atoms with Crippen molar-refractivity contribution >= 4 is 29.2 Å². The highest BCUT2D eigenvalue weighted by Gasteiger charge is 2.42. The third kappa shape index (κ3) is 9.60. The number of nitriles is 1. The number of carbonyl (C=O) groups is 2. The Bertz CT molecular complexity index is 978. The minimum absolute atomic E-state index is 0.0329. The number of hydrogen-bond donors (Lipinski definition) is 2. The highest BCUT2D eigenvalue weighted by atomic mass is 32.1. The summed E-state index contributed by atoms with van der Waals surface area (Å²) in [6.07, 6.45) is 2.17. The average molecular weight is 535 g/mol. The normalized spacial score (nSPS) is 19.9. The van der Waals surface area contributed by atoms with Crippen molar-refractivity contribution in [2.75, 3.05) is 6.61 Å². The van der Waals surface area contributed by atoms with Crippen molar-refractivity contribution < 1.29 is 29.3 Å². The van der Waals surface area contributed by atoms with Crippen LogP contribution < -0.4 is 0 Å². The predicted octanol–water partition coefficient (Wildman–Crippen LogP) is 4.62. The highest BCUT2D eigenvalue weighted by Crippen LogP contribution is 2.32. The summed E-state index contributed by atoms with van der Waals surface area (Å²) < 4.78 is 11.1. The van der Waals surface area contributed by atoms with Gasteiger partial charge in [-0.1, -0.05) is 34.1 Å². The van der Waals surface area contributed by atoms with Crippen molar-refractivity contribution in [2.24, 2.45) is 17.3 Å². The van der Waals surface area contributed by atoms with Crippen LogP contribution in [0.2, 0.25) is 0 Å². The number of carbonyl (C=O) groups excluding carboxylic acids is 2. The first kappa shape index (κ1) is 31.1. The Morgan fingerprint density at radius 2 is 2.03 bits per heavy atom. The van der Waals surface area contributed by atoms with Crippen LogP contribution in [0.15, 0.2) is 11.0 Å². The fourth-order valence-corrected chi connectivity index (χ4v) is 4.97. The van der Waals surface area contributed by atoms with Gasteiger partial charge < -0.3 is 19.7 Å². The molecule has 0 aliphatic carbocycles. The molecule has 1 unspecified atom stereocenters. The van der Waals surface area contributed by atoms with Gasteiger partial charge in [0.05, 0.1) is 53.5 Å². The number of thiazole rings is 1. The van der Waals surface area contributed by atoms with Crippen LogP contribution in [0.25, 0.3) is 6.08 Å². The van der Waals surface area contributed by atoms with Crippen molar-refractivity contribution in [3.63, 3.8) is 0 Å². The summed E-state index contributed by atoms with van der Waals surface area (Å²) >= 11 is 1.54. The molecule has 0 saturated carbocycles. The lowest BCUT2D eigenvalue weighted by atomic mass is 9.73. The van der Waals surface area contributed by atoms with Crippen molar-refractivity contribution in [3.8, 4) is 6.07 Å². The van der Waals surface area contributed by atoms with Gasteiger partial charge in [-0.3, -0.25) is 9.59 Å². The average Bonchev–Trinajstić information content (AvgIpc) is 3.58. The predicted molar refractivity (Wildman–Crippen MR) is 143 cm³/mol. The van der Waals surface area contributed by atoms with Gasteiger partial charge in [0.1, 0.15) is 11.9 Å². The second-order valence-corrected chi connectivity index (χ2v) is 11.9. The van der Waals surface area contributed by atoms with E-state index in [0.717, 1.165) is 29.1 Å². The van der Waals surface area contributed by atoms with E-state index >= 15 is 0 Å². The monoisotopic (exact) mass is 534 g/mol. The summed E-state index contributed by atoms with van der Waals surface area (Å²) in [5.41, 5.74) is 0.383. The van der Waals surface area contributed by atoms with E-state index in [2.05, 4.69) is 11.1 Å². The van der Waals surface area contributed by atoms with Gasteiger partial charge in [-0.25, -0.2) is 4.98 Å². The van der Waals surface area contributed by atoms with E-state index in [-0.39, 0.29) is 24.2 Å². The van der Waals surface area contributed by atoms with Crippen LogP contribution in [-0.2, 0) is 19.1 Å². The van der Waals surface area contributed by atoms with Crippen molar-refractivity contribution in [3.05, 3.63) is 21.7 Å². The van der Waals surface area contributed by atoms with Gasteiger partial charge in [-0.05, 0) is 44.3 Å². The Morgan fingerprint density at radius 3 is 2.59 bits per heavy atom. The molecule has 6 atom stereocenters. The molecule has 0 amide bonds. The van der Waals surface area contributed by atoms with Crippen LogP contribution in [0.5, 0.6) is 0 Å². The molecule has 2 N–H and O–H groups in total.